The molecule has 1 aliphatic heterocycles. The van der Waals surface area contributed by atoms with Gasteiger partial charge in [-0.25, -0.2) is 0 Å². The van der Waals surface area contributed by atoms with E-state index >= 15 is 0 Å². The number of amides is 1. The van der Waals surface area contributed by atoms with E-state index < -0.39 is 0 Å². The van der Waals surface area contributed by atoms with E-state index in [0.29, 0.717) is 18.4 Å². The molecule has 1 amide bonds. The van der Waals surface area contributed by atoms with Gasteiger partial charge in [0.1, 0.15) is 11.1 Å². The first-order valence-corrected chi connectivity index (χ1v) is 13.9. The Morgan fingerprint density at radius 3 is 2.48 bits per heavy atom. The van der Waals surface area contributed by atoms with E-state index in [-0.39, 0.29) is 24.0 Å². The molecule has 170 valence electrons. The van der Waals surface area contributed by atoms with Crippen LogP contribution in [-0.4, -0.2) is 17.9 Å². The second-order valence-corrected chi connectivity index (χ2v) is 11.1. The second kappa shape index (κ2) is 9.48. The Balaban J connectivity index is 1.63. The van der Waals surface area contributed by atoms with Gasteiger partial charge in [-0.2, -0.15) is 5.26 Å². The highest BCUT2D eigenvalue weighted by Gasteiger charge is 2.41. The van der Waals surface area contributed by atoms with Gasteiger partial charge in [-0.05, 0) is 68.0 Å². The first-order chi connectivity index (χ1) is 16.1. The number of allylic oxidation sites excluding steroid dienone is 2. The summed E-state index contributed by atoms with van der Waals surface area (Å²) in [4.78, 5) is 31.0. The summed E-state index contributed by atoms with van der Waals surface area (Å²) < 4.78 is 0. The molecule has 3 aliphatic rings. The molecule has 1 aromatic heterocycles. The first kappa shape index (κ1) is 22.4. The Labute approximate surface area is 203 Å². The Morgan fingerprint density at radius 2 is 1.76 bits per heavy atom. The number of thioether (sulfide) groups is 1. The lowest BCUT2D eigenvalue weighted by molar-refractivity contribution is -0.119. The summed E-state index contributed by atoms with van der Waals surface area (Å²) in [6.45, 7) is 0. The number of aryl methyl sites for hydroxylation is 1. The molecular formula is C27H28N2O2S2. The van der Waals surface area contributed by atoms with Gasteiger partial charge in [0.15, 0.2) is 5.78 Å². The van der Waals surface area contributed by atoms with Crippen LogP contribution in [0.2, 0.25) is 0 Å². The van der Waals surface area contributed by atoms with Gasteiger partial charge < -0.3 is 0 Å². The van der Waals surface area contributed by atoms with E-state index in [4.69, 9.17) is 0 Å². The zero-order chi connectivity index (χ0) is 22.9. The van der Waals surface area contributed by atoms with Crippen LogP contribution in [0.4, 0.5) is 5.00 Å². The van der Waals surface area contributed by atoms with E-state index in [1.807, 2.05) is 6.26 Å². The number of carbonyl (C=O) groups is 2. The minimum Gasteiger partial charge on any atom is -0.294 e. The van der Waals surface area contributed by atoms with Crippen molar-refractivity contribution in [3.8, 4) is 6.07 Å². The Hall–Kier alpha value is -2.36. The summed E-state index contributed by atoms with van der Waals surface area (Å²) in [7, 11) is 0. The minimum atomic E-state index is -0.195. The number of Topliss-reactive ketones (excluding diaryl/α,β-unsaturated/α-hetero) is 1. The van der Waals surface area contributed by atoms with E-state index in [2.05, 4.69) is 30.3 Å². The summed E-state index contributed by atoms with van der Waals surface area (Å²) in [6, 6.07) is 10.7. The van der Waals surface area contributed by atoms with Crippen molar-refractivity contribution in [2.24, 2.45) is 0 Å². The number of benzene rings is 1. The summed E-state index contributed by atoms with van der Waals surface area (Å²) in [6.07, 6.45) is 10.8. The van der Waals surface area contributed by atoms with Crippen LogP contribution in [-0.2, 0) is 22.4 Å². The highest BCUT2D eigenvalue weighted by Crippen LogP contribution is 2.47. The topological polar surface area (TPSA) is 61.2 Å². The van der Waals surface area contributed by atoms with Gasteiger partial charge in [0.2, 0.25) is 5.91 Å². The third-order valence-electron chi connectivity index (χ3n) is 7.16. The second-order valence-electron chi connectivity index (χ2n) is 9.11. The SMILES string of the molecule is CSc1ccc([C@H]2CC(=O)N(c3sc4c(c3C#N)CCCCCC4)C3=C2C(=O)CCC3)cc1. The third-order valence-corrected chi connectivity index (χ3v) is 9.18. The third kappa shape index (κ3) is 4.06. The predicted octanol–water partition coefficient (Wildman–Crippen LogP) is 6.53. The fraction of sp³-hybridized carbons (Fsp3) is 0.444. The molecule has 0 saturated heterocycles. The summed E-state index contributed by atoms with van der Waals surface area (Å²) in [5.74, 6) is -0.0341. The molecule has 0 radical (unpaired) electrons. The molecule has 0 bridgehead atoms. The normalized spacial score (nSPS) is 21.2. The number of carbonyl (C=O) groups excluding carboxylic acids is 2. The Morgan fingerprint density at radius 1 is 1.00 bits per heavy atom. The lowest BCUT2D eigenvalue weighted by Gasteiger charge is -2.37. The van der Waals surface area contributed by atoms with Gasteiger partial charge in [-0.15, -0.1) is 23.1 Å². The number of nitriles is 1. The van der Waals surface area contributed by atoms with E-state index in [1.54, 1.807) is 28.0 Å². The first-order valence-electron chi connectivity index (χ1n) is 11.9. The summed E-state index contributed by atoms with van der Waals surface area (Å²) in [5, 5.41) is 10.9. The Bertz CT molecular complexity index is 1170. The number of nitrogens with zero attached hydrogens (tertiary/aromatic N) is 2. The van der Waals surface area contributed by atoms with Crippen molar-refractivity contribution < 1.29 is 9.59 Å². The maximum absolute atomic E-state index is 13.7. The average Bonchev–Trinajstić information content (AvgIpc) is 3.14. The number of anilines is 1. The molecule has 0 N–H and O–H groups in total. The molecule has 1 aromatic carbocycles. The van der Waals surface area contributed by atoms with Gasteiger partial charge >= 0.3 is 0 Å². The molecule has 0 unspecified atom stereocenters. The van der Waals surface area contributed by atoms with Gasteiger partial charge in [-0.1, -0.05) is 25.0 Å². The fourth-order valence-electron chi connectivity index (χ4n) is 5.53. The van der Waals surface area contributed by atoms with Crippen LogP contribution in [0.25, 0.3) is 0 Å². The number of thiophene rings is 1. The smallest absolute Gasteiger partial charge is 0.232 e. The minimum absolute atomic E-state index is 0.00751. The van der Waals surface area contributed by atoms with Gasteiger partial charge in [-0.3, -0.25) is 14.5 Å². The molecule has 1 atom stereocenters. The van der Waals surface area contributed by atoms with Crippen molar-refractivity contribution in [1.82, 2.24) is 0 Å². The molecular weight excluding hydrogens is 448 g/mol. The van der Waals surface area contributed by atoms with Gasteiger partial charge in [0.25, 0.3) is 0 Å². The molecule has 2 aromatic rings. The zero-order valence-corrected chi connectivity index (χ0v) is 20.6. The summed E-state index contributed by atoms with van der Waals surface area (Å²) in [5.41, 5.74) is 4.47. The van der Waals surface area contributed by atoms with Crippen molar-refractivity contribution in [2.75, 3.05) is 11.2 Å². The Kier molecular flexibility index (Phi) is 6.44. The number of hydrogen-bond donors (Lipinski definition) is 0. The van der Waals surface area contributed by atoms with E-state index in [1.165, 1.54) is 22.6 Å². The van der Waals surface area contributed by atoms with Gasteiger partial charge in [0.05, 0.1) is 5.56 Å². The average molecular weight is 477 g/mol. The molecule has 0 saturated carbocycles. The van der Waals surface area contributed by atoms with E-state index in [0.717, 1.165) is 59.5 Å². The van der Waals surface area contributed by atoms with Gasteiger partial charge in [0, 0.05) is 39.8 Å². The predicted molar refractivity (Wildman–Crippen MR) is 134 cm³/mol. The standard InChI is InChI=1S/C27H28N2O2S2/c1-32-18-13-11-17(12-14-18)20-15-25(31)29(22-8-6-9-23(30)26(20)22)27-21(16-28)19-7-4-2-3-5-10-24(19)33-27/h11-14,20H,2-10,15H2,1H3/t20-/m1/s1. The van der Waals surface area contributed by atoms with Crippen LogP contribution in [0.3, 0.4) is 0 Å². The van der Waals surface area contributed by atoms with Crippen molar-refractivity contribution in [1.29, 1.82) is 5.26 Å². The van der Waals surface area contributed by atoms with Crippen LogP contribution in [0.5, 0.6) is 0 Å². The lowest BCUT2D eigenvalue weighted by atomic mass is 9.77. The summed E-state index contributed by atoms with van der Waals surface area (Å²) >= 11 is 3.30. The maximum Gasteiger partial charge on any atom is 0.232 e. The largest absolute Gasteiger partial charge is 0.294 e. The van der Waals surface area contributed by atoms with Crippen LogP contribution < -0.4 is 4.90 Å². The number of hydrogen-bond acceptors (Lipinski definition) is 5. The molecule has 0 fully saturated rings. The molecule has 6 heteroatoms. The number of rotatable bonds is 3. The van der Waals surface area contributed by atoms with Crippen molar-refractivity contribution in [2.45, 2.75) is 75.0 Å². The van der Waals surface area contributed by atoms with Crippen LogP contribution in [0.1, 0.15) is 78.9 Å². The lowest BCUT2D eigenvalue weighted by Crippen LogP contribution is -2.40. The fourth-order valence-corrected chi connectivity index (χ4v) is 7.32. The van der Waals surface area contributed by atoms with Crippen molar-refractivity contribution in [3.63, 3.8) is 0 Å². The highest BCUT2D eigenvalue weighted by atomic mass is 32.2. The monoisotopic (exact) mass is 476 g/mol. The molecule has 5 rings (SSSR count). The van der Waals surface area contributed by atoms with Crippen molar-refractivity contribution in [3.05, 3.63) is 57.1 Å². The molecule has 0 spiro atoms. The van der Waals surface area contributed by atoms with Crippen LogP contribution >= 0.6 is 23.1 Å². The molecule has 2 heterocycles. The maximum atomic E-state index is 13.7. The number of ketones is 1. The van der Waals surface area contributed by atoms with E-state index in [9.17, 15) is 14.9 Å². The van der Waals surface area contributed by atoms with Crippen LogP contribution in [0.15, 0.2) is 40.4 Å². The molecule has 4 nitrogen and oxygen atoms in total. The molecule has 2 aliphatic carbocycles. The van der Waals surface area contributed by atoms with Crippen LogP contribution in [0, 0.1) is 11.3 Å². The highest BCUT2D eigenvalue weighted by molar-refractivity contribution is 7.98. The zero-order valence-electron chi connectivity index (χ0n) is 19.0. The molecule has 33 heavy (non-hydrogen) atoms. The van der Waals surface area contributed by atoms with Crippen molar-refractivity contribution >= 4 is 39.8 Å². The number of fused-ring (bicyclic) bond motifs is 1. The quantitative estimate of drug-likeness (QED) is 0.473.